The SMILES string of the molecule is COc1cc(C(O)C(O)CSC(C)=O)ccc1O. The normalized spacial score (nSPS) is 14.0. The number of aliphatic hydroxyl groups excluding tert-OH is 2. The Morgan fingerprint density at radius 3 is 2.67 bits per heavy atom. The zero-order valence-corrected chi connectivity index (χ0v) is 11.0. The number of hydrogen-bond donors (Lipinski definition) is 3. The van der Waals surface area contributed by atoms with Crippen LogP contribution in [0.2, 0.25) is 0 Å². The highest BCUT2D eigenvalue weighted by Gasteiger charge is 2.20. The minimum atomic E-state index is -1.13. The van der Waals surface area contributed by atoms with Crippen LogP contribution < -0.4 is 4.74 Å². The van der Waals surface area contributed by atoms with Crippen LogP contribution in [0.5, 0.6) is 11.5 Å². The van der Waals surface area contributed by atoms with E-state index >= 15 is 0 Å². The van der Waals surface area contributed by atoms with Crippen molar-refractivity contribution in [2.24, 2.45) is 0 Å². The van der Waals surface area contributed by atoms with Gasteiger partial charge in [-0.15, -0.1) is 0 Å². The second kappa shape index (κ2) is 6.63. The highest BCUT2D eigenvalue weighted by Crippen LogP contribution is 2.30. The molecular weight excluding hydrogens is 256 g/mol. The van der Waals surface area contributed by atoms with Gasteiger partial charge in [-0.2, -0.15) is 0 Å². The Bertz CT molecular complexity index is 421. The molecule has 1 rings (SSSR count). The number of thioether (sulfide) groups is 1. The lowest BCUT2D eigenvalue weighted by molar-refractivity contribution is -0.109. The molecule has 5 nitrogen and oxygen atoms in total. The van der Waals surface area contributed by atoms with Crippen LogP contribution in [-0.2, 0) is 4.79 Å². The van der Waals surface area contributed by atoms with Gasteiger partial charge < -0.3 is 20.1 Å². The smallest absolute Gasteiger partial charge is 0.185 e. The first-order valence-electron chi connectivity index (χ1n) is 5.32. The molecule has 0 bridgehead atoms. The minimum Gasteiger partial charge on any atom is -0.504 e. The molecule has 0 saturated heterocycles. The van der Waals surface area contributed by atoms with E-state index in [1.165, 1.54) is 32.2 Å². The van der Waals surface area contributed by atoms with Gasteiger partial charge in [-0.1, -0.05) is 17.8 Å². The number of carbonyl (C=O) groups is 1. The summed E-state index contributed by atoms with van der Waals surface area (Å²) in [5, 5.41) is 28.9. The fourth-order valence-corrected chi connectivity index (χ4v) is 1.98. The summed E-state index contributed by atoms with van der Waals surface area (Å²) in [6.45, 7) is 1.40. The maximum Gasteiger partial charge on any atom is 0.185 e. The number of phenolic OH excluding ortho intramolecular Hbond substituents is 1. The largest absolute Gasteiger partial charge is 0.504 e. The molecule has 2 unspecified atom stereocenters. The lowest BCUT2D eigenvalue weighted by Crippen LogP contribution is -2.21. The molecule has 0 aliphatic heterocycles. The van der Waals surface area contributed by atoms with Crippen molar-refractivity contribution in [2.75, 3.05) is 12.9 Å². The summed E-state index contributed by atoms with van der Waals surface area (Å²) in [5.74, 6) is 0.290. The lowest BCUT2D eigenvalue weighted by atomic mass is 10.0. The van der Waals surface area contributed by atoms with Gasteiger partial charge in [-0.3, -0.25) is 4.79 Å². The van der Waals surface area contributed by atoms with E-state index in [2.05, 4.69) is 0 Å². The van der Waals surface area contributed by atoms with Crippen molar-refractivity contribution in [1.29, 1.82) is 0 Å². The van der Waals surface area contributed by atoms with Crippen molar-refractivity contribution in [2.45, 2.75) is 19.1 Å². The molecule has 0 aromatic heterocycles. The van der Waals surface area contributed by atoms with Gasteiger partial charge in [0, 0.05) is 12.7 Å². The summed E-state index contributed by atoms with van der Waals surface area (Å²) in [4.78, 5) is 10.8. The van der Waals surface area contributed by atoms with Gasteiger partial charge in [0.15, 0.2) is 16.6 Å². The number of aliphatic hydroxyl groups is 2. The number of ether oxygens (including phenoxy) is 1. The zero-order chi connectivity index (χ0) is 13.7. The van der Waals surface area contributed by atoms with Gasteiger partial charge in [0.05, 0.1) is 13.2 Å². The second-order valence-corrected chi connectivity index (χ2v) is 4.94. The topological polar surface area (TPSA) is 87.0 Å². The third-order valence-corrected chi connectivity index (χ3v) is 3.28. The van der Waals surface area contributed by atoms with E-state index in [4.69, 9.17) is 4.74 Å². The van der Waals surface area contributed by atoms with Gasteiger partial charge in [-0.05, 0) is 17.7 Å². The summed E-state index contributed by atoms with van der Waals surface area (Å²) in [6, 6.07) is 4.31. The molecule has 1 aromatic carbocycles. The molecule has 6 heteroatoms. The first-order valence-corrected chi connectivity index (χ1v) is 6.30. The fourth-order valence-electron chi connectivity index (χ4n) is 1.39. The molecule has 0 fully saturated rings. The van der Waals surface area contributed by atoms with Gasteiger partial charge in [-0.25, -0.2) is 0 Å². The number of hydrogen-bond acceptors (Lipinski definition) is 6. The van der Waals surface area contributed by atoms with E-state index < -0.39 is 12.2 Å². The van der Waals surface area contributed by atoms with E-state index in [1.807, 2.05) is 0 Å². The fraction of sp³-hybridized carbons (Fsp3) is 0.417. The maximum absolute atomic E-state index is 10.8. The molecule has 0 radical (unpaired) electrons. The molecule has 2 atom stereocenters. The molecule has 3 N–H and O–H groups in total. The van der Waals surface area contributed by atoms with Gasteiger partial charge >= 0.3 is 0 Å². The van der Waals surface area contributed by atoms with Crippen molar-refractivity contribution in [3.63, 3.8) is 0 Å². The number of aromatic hydroxyl groups is 1. The van der Waals surface area contributed by atoms with E-state index in [-0.39, 0.29) is 22.4 Å². The van der Waals surface area contributed by atoms with Crippen LogP contribution in [-0.4, -0.2) is 39.4 Å². The Balaban J connectivity index is 2.76. The van der Waals surface area contributed by atoms with Crippen molar-refractivity contribution >= 4 is 16.9 Å². The first kappa shape index (κ1) is 14.8. The summed E-state index contributed by atoms with van der Waals surface area (Å²) >= 11 is 0.946. The average molecular weight is 272 g/mol. The van der Waals surface area contributed by atoms with Crippen LogP contribution in [0.3, 0.4) is 0 Å². The predicted molar refractivity (Wildman–Crippen MR) is 68.8 cm³/mol. The molecule has 18 heavy (non-hydrogen) atoms. The molecule has 0 amide bonds. The Morgan fingerprint density at radius 1 is 1.44 bits per heavy atom. The zero-order valence-electron chi connectivity index (χ0n) is 10.2. The lowest BCUT2D eigenvalue weighted by Gasteiger charge is -2.18. The monoisotopic (exact) mass is 272 g/mol. The number of phenols is 1. The predicted octanol–water partition coefficient (Wildman–Crippen LogP) is 1.07. The average Bonchev–Trinajstić information content (AvgIpc) is 2.35. The van der Waals surface area contributed by atoms with Crippen molar-refractivity contribution in [3.8, 4) is 11.5 Å². The Hall–Kier alpha value is -1.24. The van der Waals surface area contributed by atoms with Gasteiger partial charge in [0.2, 0.25) is 0 Å². The highest BCUT2D eigenvalue weighted by molar-refractivity contribution is 8.13. The number of rotatable bonds is 5. The molecular formula is C12H16O5S. The second-order valence-electron chi connectivity index (χ2n) is 3.75. The molecule has 100 valence electrons. The Morgan fingerprint density at radius 2 is 2.11 bits per heavy atom. The first-order chi connectivity index (χ1) is 8.45. The summed E-state index contributed by atoms with van der Waals surface area (Å²) in [6.07, 6.45) is -2.19. The molecule has 0 aliphatic carbocycles. The minimum absolute atomic E-state index is 0.0407. The van der Waals surface area contributed by atoms with Gasteiger partial charge in [0.1, 0.15) is 6.10 Å². The third kappa shape index (κ3) is 3.90. The Labute approximate surface area is 109 Å². The summed E-state index contributed by atoms with van der Waals surface area (Å²) in [5.41, 5.74) is 0.418. The van der Waals surface area contributed by atoms with E-state index in [9.17, 15) is 20.1 Å². The van der Waals surface area contributed by atoms with Crippen molar-refractivity contribution in [1.82, 2.24) is 0 Å². The summed E-state index contributed by atoms with van der Waals surface area (Å²) < 4.78 is 4.91. The third-order valence-electron chi connectivity index (χ3n) is 2.37. The van der Waals surface area contributed by atoms with Crippen molar-refractivity contribution < 1.29 is 24.9 Å². The molecule has 0 aliphatic rings. The summed E-state index contributed by atoms with van der Waals surface area (Å²) in [7, 11) is 1.40. The van der Waals surface area contributed by atoms with E-state index in [0.29, 0.717) is 5.56 Å². The quantitative estimate of drug-likeness (QED) is 0.743. The maximum atomic E-state index is 10.8. The highest BCUT2D eigenvalue weighted by atomic mass is 32.2. The molecule has 0 spiro atoms. The van der Waals surface area contributed by atoms with Crippen LogP contribution in [0.15, 0.2) is 18.2 Å². The number of carbonyl (C=O) groups excluding carboxylic acids is 1. The van der Waals surface area contributed by atoms with Crippen LogP contribution in [0, 0.1) is 0 Å². The van der Waals surface area contributed by atoms with E-state index in [1.54, 1.807) is 0 Å². The number of methoxy groups -OCH3 is 1. The van der Waals surface area contributed by atoms with Crippen LogP contribution in [0.25, 0.3) is 0 Å². The Kier molecular flexibility index (Phi) is 5.46. The number of benzene rings is 1. The van der Waals surface area contributed by atoms with Crippen LogP contribution in [0.1, 0.15) is 18.6 Å². The van der Waals surface area contributed by atoms with Gasteiger partial charge in [0.25, 0.3) is 0 Å². The standard InChI is InChI=1S/C12H16O5S/c1-7(13)18-6-10(15)12(16)8-3-4-9(14)11(5-8)17-2/h3-5,10,12,14-16H,6H2,1-2H3. The molecule has 0 heterocycles. The molecule has 0 saturated carbocycles. The molecule has 1 aromatic rings. The van der Waals surface area contributed by atoms with Crippen LogP contribution >= 0.6 is 11.8 Å². The van der Waals surface area contributed by atoms with E-state index in [0.717, 1.165) is 11.8 Å². The van der Waals surface area contributed by atoms with Crippen molar-refractivity contribution in [3.05, 3.63) is 23.8 Å². The van der Waals surface area contributed by atoms with Crippen LogP contribution in [0.4, 0.5) is 0 Å².